The van der Waals surface area contributed by atoms with Gasteiger partial charge in [0.2, 0.25) is 0 Å². The molecule has 0 fully saturated rings. The monoisotopic (exact) mass is 205 g/mol. The molecular weight excluding hydrogens is 190 g/mol. The van der Waals surface area contributed by atoms with Crippen molar-refractivity contribution in [3.63, 3.8) is 0 Å². The van der Waals surface area contributed by atoms with Crippen LogP contribution in [0.3, 0.4) is 0 Å². The summed E-state index contributed by atoms with van der Waals surface area (Å²) in [5, 5.41) is 0.657. The summed E-state index contributed by atoms with van der Waals surface area (Å²) in [6.45, 7) is 7.87. The Labute approximate surface area is 88.3 Å². The average molecular weight is 205 g/mol. The van der Waals surface area contributed by atoms with Crippen LogP contribution in [0.25, 0.3) is 11.0 Å². The Morgan fingerprint density at radius 3 is 2.60 bits per heavy atom. The van der Waals surface area contributed by atoms with E-state index < -0.39 is 0 Å². The minimum absolute atomic E-state index is 0.0110. The van der Waals surface area contributed by atoms with Gasteiger partial charge in [0.25, 0.3) is 5.56 Å². The van der Waals surface area contributed by atoms with Crippen molar-refractivity contribution < 1.29 is 4.42 Å². The highest BCUT2D eigenvalue weighted by atomic mass is 16.3. The number of fused-ring (bicyclic) bond motifs is 1. The van der Waals surface area contributed by atoms with E-state index in [1.807, 2.05) is 33.8 Å². The van der Waals surface area contributed by atoms with E-state index in [0.29, 0.717) is 11.0 Å². The molecule has 0 unspecified atom stereocenters. The Kier molecular flexibility index (Phi) is 2.00. The molecule has 2 aromatic heterocycles. The molecule has 80 valence electrons. The van der Waals surface area contributed by atoms with Crippen molar-refractivity contribution in [1.82, 2.24) is 4.57 Å². The first kappa shape index (κ1) is 10.0. The third-order valence-corrected chi connectivity index (χ3v) is 2.43. The molecule has 0 N–H and O–H groups in total. The van der Waals surface area contributed by atoms with E-state index in [-0.39, 0.29) is 11.1 Å². The van der Waals surface area contributed by atoms with Gasteiger partial charge in [0, 0.05) is 11.7 Å². The molecule has 0 aliphatic rings. The van der Waals surface area contributed by atoms with E-state index in [1.165, 1.54) is 0 Å². The molecule has 0 aromatic carbocycles. The number of aryl methyl sites for hydroxylation is 1. The zero-order chi connectivity index (χ0) is 11.2. The fourth-order valence-electron chi connectivity index (χ4n) is 1.69. The second-order valence-corrected chi connectivity index (χ2v) is 4.80. The molecule has 3 heteroatoms. The molecule has 2 heterocycles. The van der Waals surface area contributed by atoms with Crippen LogP contribution in [0, 0.1) is 6.92 Å². The lowest BCUT2D eigenvalue weighted by molar-refractivity contribution is 0.386. The quantitative estimate of drug-likeness (QED) is 0.662. The number of hydrogen-bond donors (Lipinski definition) is 0. The number of nitrogens with zero attached hydrogens (tertiary/aromatic N) is 1. The van der Waals surface area contributed by atoms with Gasteiger partial charge in [-0.05, 0) is 39.8 Å². The van der Waals surface area contributed by atoms with Gasteiger partial charge in [-0.15, -0.1) is 0 Å². The van der Waals surface area contributed by atoms with Crippen LogP contribution >= 0.6 is 0 Å². The number of pyridine rings is 1. The van der Waals surface area contributed by atoms with Gasteiger partial charge in [-0.25, -0.2) is 0 Å². The number of hydrogen-bond acceptors (Lipinski definition) is 2. The summed E-state index contributed by atoms with van der Waals surface area (Å²) in [6, 6.07) is 3.63. The third kappa shape index (κ3) is 1.58. The Morgan fingerprint density at radius 2 is 2.00 bits per heavy atom. The van der Waals surface area contributed by atoms with Gasteiger partial charge in [0.1, 0.15) is 11.3 Å². The van der Waals surface area contributed by atoms with Gasteiger partial charge in [0.15, 0.2) is 0 Å². The van der Waals surface area contributed by atoms with Gasteiger partial charge in [-0.2, -0.15) is 0 Å². The summed E-state index contributed by atoms with van der Waals surface area (Å²) in [7, 11) is 0. The lowest BCUT2D eigenvalue weighted by atomic mass is 10.1. The molecule has 0 saturated carbocycles. The van der Waals surface area contributed by atoms with E-state index in [9.17, 15) is 4.79 Å². The maximum Gasteiger partial charge on any atom is 0.262 e. The van der Waals surface area contributed by atoms with Crippen LogP contribution in [-0.4, -0.2) is 4.57 Å². The van der Waals surface area contributed by atoms with Gasteiger partial charge in [0.05, 0.1) is 5.39 Å². The van der Waals surface area contributed by atoms with Crippen LogP contribution in [0.15, 0.2) is 27.5 Å². The van der Waals surface area contributed by atoms with Crippen LogP contribution < -0.4 is 5.56 Å². The Bertz CT molecular complexity index is 555. The van der Waals surface area contributed by atoms with Crippen LogP contribution in [0.4, 0.5) is 0 Å². The van der Waals surface area contributed by atoms with Crippen molar-refractivity contribution in [2.45, 2.75) is 33.2 Å². The molecule has 0 bridgehead atoms. The van der Waals surface area contributed by atoms with Crippen molar-refractivity contribution in [3.05, 3.63) is 34.4 Å². The second-order valence-electron chi connectivity index (χ2n) is 4.80. The van der Waals surface area contributed by atoms with E-state index in [4.69, 9.17) is 4.42 Å². The predicted octanol–water partition coefficient (Wildman–Crippen LogP) is 2.66. The molecule has 0 saturated heterocycles. The van der Waals surface area contributed by atoms with Gasteiger partial charge in [-0.3, -0.25) is 4.79 Å². The first-order valence-corrected chi connectivity index (χ1v) is 5.02. The largest absolute Gasteiger partial charge is 0.461 e. The SMILES string of the molecule is Cc1cc2c(=O)n(C(C)(C)C)ccc2o1. The first-order chi connectivity index (χ1) is 6.89. The standard InChI is InChI=1S/C12H15NO2/c1-8-7-9-10(15-8)5-6-13(11(9)14)12(2,3)4/h5-7H,1-4H3. The lowest BCUT2D eigenvalue weighted by Crippen LogP contribution is -2.32. The minimum Gasteiger partial charge on any atom is -0.461 e. The zero-order valence-electron chi connectivity index (χ0n) is 9.50. The number of furan rings is 1. The fraction of sp³-hybridized carbons (Fsp3) is 0.417. The van der Waals surface area contributed by atoms with E-state index in [0.717, 1.165) is 5.76 Å². The normalized spacial score (nSPS) is 12.3. The molecule has 2 rings (SSSR count). The topological polar surface area (TPSA) is 35.1 Å². The third-order valence-electron chi connectivity index (χ3n) is 2.43. The van der Waals surface area contributed by atoms with E-state index >= 15 is 0 Å². The molecule has 15 heavy (non-hydrogen) atoms. The van der Waals surface area contributed by atoms with E-state index in [2.05, 4.69) is 0 Å². The van der Waals surface area contributed by atoms with E-state index in [1.54, 1.807) is 16.8 Å². The van der Waals surface area contributed by atoms with Crippen molar-refractivity contribution in [2.75, 3.05) is 0 Å². The Hall–Kier alpha value is -1.51. The summed E-state index contributed by atoms with van der Waals surface area (Å²) in [5.74, 6) is 0.772. The lowest BCUT2D eigenvalue weighted by Gasteiger charge is -2.21. The van der Waals surface area contributed by atoms with Crippen molar-refractivity contribution in [2.24, 2.45) is 0 Å². The molecule has 0 aliphatic heterocycles. The maximum atomic E-state index is 12.1. The highest BCUT2D eigenvalue weighted by molar-refractivity contribution is 5.76. The smallest absolute Gasteiger partial charge is 0.262 e. The predicted molar refractivity (Wildman–Crippen MR) is 60.2 cm³/mol. The molecule has 0 atom stereocenters. The molecule has 2 aromatic rings. The fourth-order valence-corrected chi connectivity index (χ4v) is 1.69. The highest BCUT2D eigenvalue weighted by Gasteiger charge is 2.16. The highest BCUT2D eigenvalue weighted by Crippen LogP contribution is 2.17. The molecule has 3 nitrogen and oxygen atoms in total. The summed E-state index contributed by atoms with van der Waals surface area (Å²) in [6.07, 6.45) is 1.79. The summed E-state index contributed by atoms with van der Waals surface area (Å²) >= 11 is 0. The zero-order valence-corrected chi connectivity index (χ0v) is 9.50. The van der Waals surface area contributed by atoms with Crippen molar-refractivity contribution in [3.8, 4) is 0 Å². The van der Waals surface area contributed by atoms with Crippen LogP contribution in [-0.2, 0) is 5.54 Å². The number of aromatic nitrogens is 1. The van der Waals surface area contributed by atoms with Crippen molar-refractivity contribution in [1.29, 1.82) is 0 Å². The van der Waals surface area contributed by atoms with Gasteiger partial charge in [-0.1, -0.05) is 0 Å². The molecular formula is C12H15NO2. The van der Waals surface area contributed by atoms with Crippen LogP contribution in [0.2, 0.25) is 0 Å². The summed E-state index contributed by atoms with van der Waals surface area (Å²) < 4.78 is 7.13. The maximum absolute atomic E-state index is 12.1. The Morgan fingerprint density at radius 1 is 1.33 bits per heavy atom. The van der Waals surface area contributed by atoms with Gasteiger partial charge >= 0.3 is 0 Å². The summed E-state index contributed by atoms with van der Waals surface area (Å²) in [5.41, 5.74) is 0.478. The first-order valence-electron chi connectivity index (χ1n) is 5.02. The minimum atomic E-state index is -0.198. The summed E-state index contributed by atoms with van der Waals surface area (Å²) in [4.78, 5) is 12.1. The Balaban J connectivity index is 2.82. The van der Waals surface area contributed by atoms with Crippen LogP contribution in [0.5, 0.6) is 0 Å². The molecule has 0 spiro atoms. The van der Waals surface area contributed by atoms with Crippen molar-refractivity contribution >= 4 is 11.0 Å². The number of rotatable bonds is 0. The molecule has 0 amide bonds. The average Bonchev–Trinajstić information content (AvgIpc) is 2.44. The molecule has 0 radical (unpaired) electrons. The molecule has 0 aliphatic carbocycles. The second kappa shape index (κ2) is 2.99. The van der Waals surface area contributed by atoms with Crippen LogP contribution in [0.1, 0.15) is 26.5 Å². The van der Waals surface area contributed by atoms with Gasteiger partial charge < -0.3 is 8.98 Å².